The van der Waals surface area contributed by atoms with Gasteiger partial charge in [0.2, 0.25) is 0 Å². The molecule has 0 N–H and O–H groups in total. The van der Waals surface area contributed by atoms with Crippen molar-refractivity contribution < 1.29 is 0 Å². The smallest absolute Gasteiger partial charge is 0.0625 e. The van der Waals surface area contributed by atoms with Gasteiger partial charge >= 0.3 is 0 Å². The molecule has 49 heavy (non-hydrogen) atoms. The Labute approximate surface area is 287 Å². The highest BCUT2D eigenvalue weighted by molar-refractivity contribution is 6.24. The fourth-order valence-electron chi connectivity index (χ4n) is 7.39. The lowest BCUT2D eigenvalue weighted by molar-refractivity contribution is 1.30. The predicted molar refractivity (Wildman–Crippen MR) is 210 cm³/mol. The first-order valence-electron chi connectivity index (χ1n) is 16.9. The van der Waals surface area contributed by atoms with E-state index in [4.69, 9.17) is 0 Å². The minimum atomic E-state index is 1.10. The predicted octanol–water partition coefficient (Wildman–Crippen LogP) is 13.6. The van der Waals surface area contributed by atoms with Crippen LogP contribution in [0.5, 0.6) is 0 Å². The van der Waals surface area contributed by atoms with E-state index in [9.17, 15) is 0 Å². The third-order valence-corrected chi connectivity index (χ3v) is 9.59. The lowest BCUT2D eigenvalue weighted by Gasteiger charge is -2.31. The van der Waals surface area contributed by atoms with Crippen molar-refractivity contribution in [3.8, 4) is 33.4 Å². The van der Waals surface area contributed by atoms with Crippen LogP contribution in [0.4, 0.5) is 17.1 Å². The second kappa shape index (κ2) is 12.3. The first-order chi connectivity index (χ1) is 24.3. The monoisotopic (exact) mass is 623 g/mol. The van der Waals surface area contributed by atoms with Gasteiger partial charge in [0.05, 0.1) is 5.69 Å². The highest BCUT2D eigenvalue weighted by Gasteiger charge is 2.25. The molecule has 0 radical (unpaired) electrons. The number of hydrogen-bond donors (Lipinski definition) is 0. The Balaban J connectivity index is 1.46. The van der Waals surface area contributed by atoms with Crippen molar-refractivity contribution in [2.24, 2.45) is 0 Å². The molecule has 0 fully saturated rings. The van der Waals surface area contributed by atoms with Gasteiger partial charge in [-0.1, -0.05) is 170 Å². The Morgan fingerprint density at radius 2 is 0.755 bits per heavy atom. The van der Waals surface area contributed by atoms with Crippen LogP contribution in [0.1, 0.15) is 0 Å². The van der Waals surface area contributed by atoms with Crippen LogP contribution in [0.3, 0.4) is 0 Å². The van der Waals surface area contributed by atoms with Gasteiger partial charge in [0.15, 0.2) is 0 Å². The Morgan fingerprint density at radius 3 is 1.39 bits per heavy atom. The molecule has 0 saturated carbocycles. The van der Waals surface area contributed by atoms with Crippen molar-refractivity contribution in [1.82, 2.24) is 0 Å². The van der Waals surface area contributed by atoms with E-state index in [-0.39, 0.29) is 0 Å². The van der Waals surface area contributed by atoms with Crippen molar-refractivity contribution in [3.05, 3.63) is 200 Å². The number of benzene rings is 9. The largest absolute Gasteiger partial charge is 0.309 e. The van der Waals surface area contributed by atoms with Gasteiger partial charge < -0.3 is 4.90 Å². The van der Waals surface area contributed by atoms with E-state index in [1.54, 1.807) is 0 Å². The normalized spacial score (nSPS) is 11.3. The van der Waals surface area contributed by atoms with E-state index >= 15 is 0 Å². The van der Waals surface area contributed by atoms with Crippen molar-refractivity contribution in [2.45, 2.75) is 0 Å². The van der Waals surface area contributed by atoms with Crippen LogP contribution in [-0.2, 0) is 0 Å². The molecule has 0 aromatic heterocycles. The molecule has 0 heterocycles. The number of fused-ring (bicyclic) bond motifs is 4. The Hall–Kier alpha value is -6.44. The van der Waals surface area contributed by atoms with Gasteiger partial charge in [-0.2, -0.15) is 0 Å². The molecule has 1 heteroatoms. The van der Waals surface area contributed by atoms with Crippen LogP contribution < -0.4 is 4.90 Å². The SMILES string of the molecule is c1ccc(-c2cc(-c3ccccc3)cc(N(c3ccccc3)c3c(-c4cccc5ccccc45)c4ccccc4c4ccccc34)c2)cc1. The average Bonchev–Trinajstić information content (AvgIpc) is 3.19. The standard InChI is InChI=1S/C48H33N/c1-4-17-34(18-5-1)37-31-38(35-19-6-2-7-20-35)33-40(32-37)49(39-23-8-3-9-24-39)48-46-29-15-13-27-43(46)42-26-12-14-28-45(42)47(48)44-30-16-22-36-21-10-11-25-41(36)44/h1-33H. The van der Waals surface area contributed by atoms with Crippen LogP contribution >= 0.6 is 0 Å². The van der Waals surface area contributed by atoms with Gasteiger partial charge in [0.25, 0.3) is 0 Å². The van der Waals surface area contributed by atoms with Gasteiger partial charge in [-0.15, -0.1) is 0 Å². The summed E-state index contributed by atoms with van der Waals surface area (Å²) < 4.78 is 0. The van der Waals surface area contributed by atoms with Crippen LogP contribution in [0.25, 0.3) is 65.7 Å². The lowest BCUT2D eigenvalue weighted by atomic mass is 9.87. The van der Waals surface area contributed by atoms with Crippen molar-refractivity contribution in [1.29, 1.82) is 0 Å². The van der Waals surface area contributed by atoms with E-state index in [1.807, 2.05) is 0 Å². The Kier molecular flexibility index (Phi) is 7.22. The molecular weight excluding hydrogens is 591 g/mol. The summed E-state index contributed by atoms with van der Waals surface area (Å²) in [6.07, 6.45) is 0. The lowest BCUT2D eigenvalue weighted by Crippen LogP contribution is -2.13. The Morgan fingerprint density at radius 1 is 0.286 bits per heavy atom. The topological polar surface area (TPSA) is 3.24 Å². The van der Waals surface area contributed by atoms with Crippen molar-refractivity contribution in [2.75, 3.05) is 4.90 Å². The molecule has 1 nitrogen and oxygen atoms in total. The fourth-order valence-corrected chi connectivity index (χ4v) is 7.39. The molecular formula is C48H33N. The summed E-state index contributed by atoms with van der Waals surface area (Å²) in [7, 11) is 0. The first-order valence-corrected chi connectivity index (χ1v) is 16.9. The summed E-state index contributed by atoms with van der Waals surface area (Å²) in [4.78, 5) is 2.49. The highest BCUT2D eigenvalue weighted by Crippen LogP contribution is 2.51. The summed E-state index contributed by atoms with van der Waals surface area (Å²) in [6, 6.07) is 72.6. The quantitative estimate of drug-likeness (QED) is 0.167. The molecule has 0 saturated heterocycles. The molecule has 9 aromatic rings. The van der Waals surface area contributed by atoms with E-state index in [2.05, 4.69) is 205 Å². The molecule has 0 spiro atoms. The van der Waals surface area contributed by atoms with Gasteiger partial charge in [-0.05, 0) is 85.1 Å². The number of rotatable bonds is 6. The summed E-state index contributed by atoms with van der Waals surface area (Å²) in [5, 5.41) is 7.39. The van der Waals surface area contributed by atoms with Gasteiger partial charge in [-0.3, -0.25) is 0 Å². The number of hydrogen-bond acceptors (Lipinski definition) is 1. The van der Waals surface area contributed by atoms with Crippen molar-refractivity contribution in [3.63, 3.8) is 0 Å². The molecule has 9 aromatic carbocycles. The summed E-state index contributed by atoms with van der Waals surface area (Å²) in [5.74, 6) is 0. The highest BCUT2D eigenvalue weighted by atomic mass is 15.1. The summed E-state index contributed by atoms with van der Waals surface area (Å²) in [6.45, 7) is 0. The van der Waals surface area contributed by atoms with E-state index in [0.29, 0.717) is 0 Å². The van der Waals surface area contributed by atoms with Crippen LogP contribution in [0.15, 0.2) is 200 Å². The fraction of sp³-hybridized carbons (Fsp3) is 0. The van der Waals surface area contributed by atoms with Gasteiger partial charge in [0, 0.05) is 22.3 Å². The average molecular weight is 624 g/mol. The first kappa shape index (κ1) is 28.8. The van der Waals surface area contributed by atoms with Gasteiger partial charge in [0.1, 0.15) is 0 Å². The molecule has 0 aliphatic rings. The van der Waals surface area contributed by atoms with Crippen LogP contribution in [0, 0.1) is 0 Å². The molecule has 0 amide bonds. The maximum absolute atomic E-state index is 2.49. The third-order valence-electron chi connectivity index (χ3n) is 9.59. The van der Waals surface area contributed by atoms with Crippen LogP contribution in [0.2, 0.25) is 0 Å². The molecule has 0 aliphatic heterocycles. The zero-order valence-electron chi connectivity index (χ0n) is 27.0. The molecule has 230 valence electrons. The van der Waals surface area contributed by atoms with Crippen molar-refractivity contribution >= 4 is 49.4 Å². The third kappa shape index (κ3) is 5.13. The van der Waals surface area contributed by atoms with Crippen LogP contribution in [-0.4, -0.2) is 0 Å². The molecule has 0 bridgehead atoms. The maximum atomic E-state index is 2.49. The second-order valence-corrected chi connectivity index (χ2v) is 12.5. The molecule has 0 atom stereocenters. The van der Waals surface area contributed by atoms with E-state index < -0.39 is 0 Å². The van der Waals surface area contributed by atoms with Gasteiger partial charge in [-0.25, -0.2) is 0 Å². The molecule has 0 aliphatic carbocycles. The number of anilines is 3. The zero-order chi connectivity index (χ0) is 32.6. The Bertz CT molecular complexity index is 2530. The summed E-state index contributed by atoms with van der Waals surface area (Å²) in [5.41, 5.74) is 10.5. The van der Waals surface area contributed by atoms with E-state index in [1.165, 1.54) is 71.4 Å². The second-order valence-electron chi connectivity index (χ2n) is 12.5. The number of para-hydroxylation sites is 1. The minimum Gasteiger partial charge on any atom is -0.309 e. The molecule has 9 rings (SSSR count). The number of nitrogens with zero attached hydrogens (tertiary/aromatic N) is 1. The molecule has 0 unspecified atom stereocenters. The zero-order valence-corrected chi connectivity index (χ0v) is 27.0. The van der Waals surface area contributed by atoms with E-state index in [0.717, 1.165) is 11.4 Å². The maximum Gasteiger partial charge on any atom is 0.0625 e. The summed E-state index contributed by atoms with van der Waals surface area (Å²) >= 11 is 0. The minimum absolute atomic E-state index is 1.10.